The Bertz CT molecular complexity index is 596. The average Bonchev–Trinajstić information content (AvgIpc) is 2.63. The molecule has 2 atom stereocenters. The summed E-state index contributed by atoms with van der Waals surface area (Å²) in [6.07, 6.45) is 5.35. The van der Waals surface area contributed by atoms with Crippen LogP contribution in [0, 0.1) is 5.92 Å². The van der Waals surface area contributed by atoms with Gasteiger partial charge in [0.05, 0.1) is 0 Å². The summed E-state index contributed by atoms with van der Waals surface area (Å²) in [5.41, 5.74) is 7.27. The van der Waals surface area contributed by atoms with Crippen molar-refractivity contribution in [3.63, 3.8) is 0 Å². The lowest BCUT2D eigenvalue weighted by molar-refractivity contribution is -0.120. The number of nitrogens with two attached hydrogens (primary N) is 1. The Morgan fingerprint density at radius 3 is 2.44 bits per heavy atom. The van der Waals surface area contributed by atoms with Crippen LogP contribution < -0.4 is 16.4 Å². The molecule has 1 saturated carbocycles. The third-order valence-corrected chi connectivity index (χ3v) is 5.06. The Morgan fingerprint density at radius 2 is 1.76 bits per heavy atom. The highest BCUT2D eigenvalue weighted by atomic mass is 16.5. The molecule has 1 heterocycles. The monoisotopic (exact) mass is 345 g/mol. The van der Waals surface area contributed by atoms with E-state index >= 15 is 0 Å². The number of ether oxygens (including phenoxy) is 1. The summed E-state index contributed by atoms with van der Waals surface area (Å²) in [5, 5.41) is 5.97. The third-order valence-electron chi connectivity index (χ3n) is 5.06. The molecule has 2 unspecified atom stereocenters. The third kappa shape index (κ3) is 5.03. The van der Waals surface area contributed by atoms with E-state index in [0.29, 0.717) is 24.5 Å². The number of carbonyl (C=O) groups is 2. The maximum Gasteiger partial charge on any atom is 0.251 e. The lowest BCUT2D eigenvalue weighted by Gasteiger charge is -2.25. The normalized spacial score (nSPS) is 24.5. The van der Waals surface area contributed by atoms with Gasteiger partial charge in [-0.25, -0.2) is 0 Å². The topological polar surface area (TPSA) is 93.5 Å². The second kappa shape index (κ2) is 8.45. The van der Waals surface area contributed by atoms with E-state index in [2.05, 4.69) is 10.6 Å². The zero-order valence-electron chi connectivity index (χ0n) is 14.5. The van der Waals surface area contributed by atoms with Crippen molar-refractivity contribution < 1.29 is 14.3 Å². The quantitative estimate of drug-likeness (QED) is 0.778. The van der Waals surface area contributed by atoms with E-state index in [1.54, 1.807) is 24.3 Å². The van der Waals surface area contributed by atoms with E-state index in [1.807, 2.05) is 0 Å². The van der Waals surface area contributed by atoms with Crippen LogP contribution in [-0.4, -0.2) is 37.1 Å². The van der Waals surface area contributed by atoms with E-state index in [9.17, 15) is 9.59 Å². The van der Waals surface area contributed by atoms with Gasteiger partial charge in [-0.15, -0.1) is 0 Å². The van der Waals surface area contributed by atoms with Gasteiger partial charge in [-0.3, -0.25) is 9.59 Å². The lowest BCUT2D eigenvalue weighted by atomic mass is 9.85. The van der Waals surface area contributed by atoms with Gasteiger partial charge in [0.25, 0.3) is 5.91 Å². The molecule has 2 aliphatic rings. The fraction of sp³-hybridized carbons (Fsp3) is 0.579. The first-order valence-electron chi connectivity index (χ1n) is 9.17. The van der Waals surface area contributed by atoms with Crippen molar-refractivity contribution >= 4 is 17.5 Å². The fourth-order valence-electron chi connectivity index (χ4n) is 3.53. The summed E-state index contributed by atoms with van der Waals surface area (Å²) in [4.78, 5) is 24.6. The fourth-order valence-corrected chi connectivity index (χ4v) is 3.53. The van der Waals surface area contributed by atoms with E-state index in [1.165, 1.54) is 0 Å². The van der Waals surface area contributed by atoms with Crippen LogP contribution in [0.3, 0.4) is 0 Å². The van der Waals surface area contributed by atoms with Crippen molar-refractivity contribution in [3.8, 4) is 0 Å². The predicted molar refractivity (Wildman–Crippen MR) is 96.3 cm³/mol. The molecule has 0 aromatic heterocycles. The minimum Gasteiger partial charge on any atom is -0.381 e. The van der Waals surface area contributed by atoms with Gasteiger partial charge >= 0.3 is 0 Å². The molecule has 0 spiro atoms. The Labute approximate surface area is 148 Å². The number of nitrogens with one attached hydrogen (secondary N) is 2. The highest BCUT2D eigenvalue weighted by molar-refractivity contribution is 5.96. The smallest absolute Gasteiger partial charge is 0.251 e. The lowest BCUT2D eigenvalue weighted by Crippen LogP contribution is -2.38. The molecule has 2 amide bonds. The molecule has 1 saturated heterocycles. The van der Waals surface area contributed by atoms with Gasteiger partial charge < -0.3 is 21.1 Å². The molecule has 6 heteroatoms. The van der Waals surface area contributed by atoms with Crippen molar-refractivity contribution in [2.24, 2.45) is 11.7 Å². The molecule has 1 aliphatic heterocycles. The Kier molecular flexibility index (Phi) is 6.04. The van der Waals surface area contributed by atoms with Gasteiger partial charge in [0.2, 0.25) is 5.91 Å². The Balaban J connectivity index is 1.52. The summed E-state index contributed by atoms with van der Waals surface area (Å²) in [5.74, 6) is -0.0715. The van der Waals surface area contributed by atoms with Crippen LogP contribution in [0.2, 0.25) is 0 Å². The first-order chi connectivity index (χ1) is 12.1. The zero-order valence-corrected chi connectivity index (χ0v) is 14.5. The minimum atomic E-state index is -0.0805. The van der Waals surface area contributed by atoms with Crippen molar-refractivity contribution in [2.75, 3.05) is 18.5 Å². The summed E-state index contributed by atoms with van der Waals surface area (Å²) in [6, 6.07) is 7.35. The van der Waals surface area contributed by atoms with Gasteiger partial charge in [0.15, 0.2) is 0 Å². The first kappa shape index (κ1) is 17.9. The van der Waals surface area contributed by atoms with Crippen LogP contribution in [0.15, 0.2) is 24.3 Å². The van der Waals surface area contributed by atoms with Gasteiger partial charge in [0, 0.05) is 42.5 Å². The van der Waals surface area contributed by atoms with Gasteiger partial charge in [-0.2, -0.15) is 0 Å². The van der Waals surface area contributed by atoms with Gasteiger partial charge in [-0.05, 0) is 56.4 Å². The summed E-state index contributed by atoms with van der Waals surface area (Å²) < 4.78 is 5.30. The number of anilines is 1. The number of hydrogen-bond donors (Lipinski definition) is 3. The van der Waals surface area contributed by atoms with Gasteiger partial charge in [0.1, 0.15) is 0 Å². The molecule has 1 aromatic rings. The van der Waals surface area contributed by atoms with E-state index in [-0.39, 0.29) is 29.8 Å². The number of amides is 2. The Hall–Kier alpha value is -1.92. The second-order valence-electron chi connectivity index (χ2n) is 7.05. The SMILES string of the molecule is NC1CCCC(C(=O)Nc2ccc(C(=O)NC3CCOCC3)cc2)C1. The maximum atomic E-state index is 12.3. The number of benzene rings is 1. The zero-order chi connectivity index (χ0) is 17.6. The molecular weight excluding hydrogens is 318 g/mol. The van der Waals surface area contributed by atoms with Crippen LogP contribution in [0.1, 0.15) is 48.9 Å². The standard InChI is InChI=1S/C19H27N3O3/c20-15-3-1-2-14(12-15)19(24)21-16-6-4-13(5-7-16)18(23)22-17-8-10-25-11-9-17/h4-7,14-15,17H,1-3,8-12,20H2,(H,21,24)(H,22,23). The molecule has 4 N–H and O–H groups in total. The molecule has 6 nitrogen and oxygen atoms in total. The van der Waals surface area contributed by atoms with Crippen molar-refractivity contribution in [1.29, 1.82) is 0 Å². The largest absolute Gasteiger partial charge is 0.381 e. The van der Waals surface area contributed by atoms with Crippen molar-refractivity contribution in [1.82, 2.24) is 5.32 Å². The van der Waals surface area contributed by atoms with Crippen LogP contribution in [0.4, 0.5) is 5.69 Å². The van der Waals surface area contributed by atoms with Gasteiger partial charge in [-0.1, -0.05) is 6.42 Å². The average molecular weight is 345 g/mol. The maximum absolute atomic E-state index is 12.3. The van der Waals surface area contributed by atoms with Crippen molar-refractivity contribution in [3.05, 3.63) is 29.8 Å². The Morgan fingerprint density at radius 1 is 1.04 bits per heavy atom. The molecule has 1 aromatic carbocycles. The van der Waals surface area contributed by atoms with E-state index in [0.717, 1.165) is 38.5 Å². The highest BCUT2D eigenvalue weighted by Gasteiger charge is 2.25. The molecule has 25 heavy (non-hydrogen) atoms. The highest BCUT2D eigenvalue weighted by Crippen LogP contribution is 2.24. The molecule has 0 bridgehead atoms. The summed E-state index contributed by atoms with van der Waals surface area (Å²) in [7, 11) is 0. The first-order valence-corrected chi connectivity index (χ1v) is 9.17. The number of hydrogen-bond acceptors (Lipinski definition) is 4. The molecule has 136 valence electrons. The van der Waals surface area contributed by atoms with Crippen molar-refractivity contribution in [2.45, 2.75) is 50.6 Å². The number of rotatable bonds is 4. The van der Waals surface area contributed by atoms with E-state index < -0.39 is 0 Å². The van der Waals surface area contributed by atoms with Crippen LogP contribution in [0.25, 0.3) is 0 Å². The molecule has 3 rings (SSSR count). The van der Waals surface area contributed by atoms with Crippen LogP contribution in [0.5, 0.6) is 0 Å². The summed E-state index contributed by atoms with van der Waals surface area (Å²) in [6.45, 7) is 1.39. The molecule has 0 radical (unpaired) electrons. The van der Waals surface area contributed by atoms with E-state index in [4.69, 9.17) is 10.5 Å². The number of carbonyl (C=O) groups excluding carboxylic acids is 2. The van der Waals surface area contributed by atoms with Crippen LogP contribution >= 0.6 is 0 Å². The predicted octanol–water partition coefficient (Wildman–Crippen LogP) is 2.05. The minimum absolute atomic E-state index is 0.0137. The molecular formula is C19H27N3O3. The molecule has 1 aliphatic carbocycles. The summed E-state index contributed by atoms with van der Waals surface area (Å²) >= 11 is 0. The molecule has 2 fully saturated rings. The van der Waals surface area contributed by atoms with Crippen LogP contribution in [-0.2, 0) is 9.53 Å². The second-order valence-corrected chi connectivity index (χ2v) is 7.05.